The van der Waals surface area contributed by atoms with Crippen LogP contribution in [0.3, 0.4) is 0 Å². The van der Waals surface area contributed by atoms with Crippen LogP contribution in [-0.4, -0.2) is 16.8 Å². The van der Waals surface area contributed by atoms with Gasteiger partial charge >= 0.3 is 0 Å². The number of carbonyl (C=O) groups is 1. The molecule has 0 saturated heterocycles. The zero-order chi connectivity index (χ0) is 10.6. The Bertz CT molecular complexity index is 309. The highest BCUT2D eigenvalue weighted by molar-refractivity contribution is 7.11. The van der Waals surface area contributed by atoms with Crippen molar-refractivity contribution >= 4 is 17.1 Å². The van der Waals surface area contributed by atoms with Crippen molar-refractivity contribution in [3.8, 4) is 0 Å². The molecule has 0 aliphatic carbocycles. The molecule has 78 valence electrons. The molecule has 0 aromatic carbocycles. The van der Waals surface area contributed by atoms with Crippen molar-refractivity contribution < 1.29 is 4.79 Å². The van der Waals surface area contributed by atoms with E-state index in [0.29, 0.717) is 6.42 Å². The van der Waals surface area contributed by atoms with E-state index in [0.717, 1.165) is 22.7 Å². The Morgan fingerprint density at radius 2 is 2.43 bits per heavy atom. The number of thiazole rings is 1. The van der Waals surface area contributed by atoms with E-state index in [1.165, 1.54) is 0 Å². The summed E-state index contributed by atoms with van der Waals surface area (Å²) in [5.74, 6) is 0.121. The molecule has 0 saturated carbocycles. The van der Waals surface area contributed by atoms with Crippen molar-refractivity contribution in [2.75, 3.05) is 0 Å². The van der Waals surface area contributed by atoms with Crippen LogP contribution in [0, 0.1) is 6.92 Å². The van der Waals surface area contributed by atoms with Crippen molar-refractivity contribution in [3.63, 3.8) is 0 Å². The van der Waals surface area contributed by atoms with Gasteiger partial charge in [-0.15, -0.1) is 11.3 Å². The largest absolute Gasteiger partial charge is 0.321 e. The van der Waals surface area contributed by atoms with Gasteiger partial charge in [0.1, 0.15) is 0 Å². The second-order valence-corrected chi connectivity index (χ2v) is 4.70. The zero-order valence-electron chi connectivity index (χ0n) is 8.62. The van der Waals surface area contributed by atoms with Crippen LogP contribution < -0.4 is 5.73 Å². The monoisotopic (exact) mass is 212 g/mol. The molecule has 3 nitrogen and oxygen atoms in total. The summed E-state index contributed by atoms with van der Waals surface area (Å²) in [4.78, 5) is 16.7. The summed E-state index contributed by atoms with van der Waals surface area (Å²) in [6.07, 6.45) is 3.93. The lowest BCUT2D eigenvalue weighted by molar-refractivity contribution is -0.119. The standard InChI is InChI=1S/C10H16N2OS/c1-3-4-9(11)10(13)5-8-6-12-7(2)14-8/h6,9H,3-5,11H2,1-2H3. The van der Waals surface area contributed by atoms with E-state index in [9.17, 15) is 4.79 Å². The zero-order valence-corrected chi connectivity index (χ0v) is 9.43. The fourth-order valence-corrected chi connectivity index (χ4v) is 2.07. The maximum Gasteiger partial charge on any atom is 0.154 e. The van der Waals surface area contributed by atoms with E-state index in [1.54, 1.807) is 17.5 Å². The van der Waals surface area contributed by atoms with Crippen LogP contribution in [-0.2, 0) is 11.2 Å². The predicted octanol–water partition coefficient (Wildman–Crippen LogP) is 1.69. The van der Waals surface area contributed by atoms with Crippen molar-refractivity contribution in [2.45, 2.75) is 39.2 Å². The van der Waals surface area contributed by atoms with Gasteiger partial charge in [-0.05, 0) is 13.3 Å². The van der Waals surface area contributed by atoms with Crippen LogP contribution in [0.1, 0.15) is 29.7 Å². The third-order valence-electron chi connectivity index (χ3n) is 2.03. The first-order valence-corrected chi connectivity index (χ1v) is 5.64. The van der Waals surface area contributed by atoms with Gasteiger partial charge in [-0.25, -0.2) is 4.98 Å². The minimum Gasteiger partial charge on any atom is -0.321 e. The second-order valence-electron chi connectivity index (χ2n) is 3.38. The maximum absolute atomic E-state index is 11.6. The summed E-state index contributed by atoms with van der Waals surface area (Å²) in [7, 11) is 0. The summed E-state index contributed by atoms with van der Waals surface area (Å²) < 4.78 is 0. The maximum atomic E-state index is 11.6. The van der Waals surface area contributed by atoms with E-state index in [2.05, 4.69) is 4.98 Å². The van der Waals surface area contributed by atoms with Crippen LogP contribution in [0.25, 0.3) is 0 Å². The fraction of sp³-hybridized carbons (Fsp3) is 0.600. The quantitative estimate of drug-likeness (QED) is 0.808. The number of hydrogen-bond acceptors (Lipinski definition) is 4. The third kappa shape index (κ3) is 3.20. The SMILES string of the molecule is CCCC(N)C(=O)Cc1cnc(C)s1. The summed E-state index contributed by atoms with van der Waals surface area (Å²) in [6.45, 7) is 3.97. The number of hydrogen-bond donors (Lipinski definition) is 1. The number of aromatic nitrogens is 1. The average molecular weight is 212 g/mol. The molecule has 2 N–H and O–H groups in total. The Kier molecular flexibility index (Phi) is 4.22. The van der Waals surface area contributed by atoms with E-state index in [1.807, 2.05) is 13.8 Å². The molecule has 0 fully saturated rings. The number of nitrogens with two attached hydrogens (primary N) is 1. The molecule has 1 unspecified atom stereocenters. The van der Waals surface area contributed by atoms with Gasteiger partial charge in [-0.3, -0.25) is 4.79 Å². The lowest BCUT2D eigenvalue weighted by Gasteiger charge is -2.07. The molecule has 1 rings (SSSR count). The second kappa shape index (κ2) is 5.22. The van der Waals surface area contributed by atoms with Gasteiger partial charge < -0.3 is 5.73 Å². The number of aryl methyl sites for hydroxylation is 1. The smallest absolute Gasteiger partial charge is 0.154 e. The van der Waals surface area contributed by atoms with Crippen LogP contribution >= 0.6 is 11.3 Å². The first kappa shape index (κ1) is 11.3. The Morgan fingerprint density at radius 3 is 2.93 bits per heavy atom. The topological polar surface area (TPSA) is 56.0 Å². The van der Waals surface area contributed by atoms with E-state index >= 15 is 0 Å². The Balaban J connectivity index is 2.48. The minimum atomic E-state index is -0.303. The van der Waals surface area contributed by atoms with Crippen LogP contribution in [0.5, 0.6) is 0 Å². The molecule has 4 heteroatoms. The molecule has 1 aromatic rings. The molecular weight excluding hydrogens is 196 g/mol. The molecule has 0 aliphatic rings. The molecule has 0 spiro atoms. The lowest BCUT2D eigenvalue weighted by Crippen LogP contribution is -2.31. The average Bonchev–Trinajstić information content (AvgIpc) is 2.51. The van der Waals surface area contributed by atoms with E-state index in [4.69, 9.17) is 5.73 Å². The van der Waals surface area contributed by atoms with E-state index < -0.39 is 0 Å². The summed E-state index contributed by atoms with van der Waals surface area (Å²) in [6, 6.07) is -0.303. The molecule has 0 radical (unpaired) electrons. The number of carbonyl (C=O) groups excluding carboxylic acids is 1. The lowest BCUT2D eigenvalue weighted by atomic mass is 10.1. The van der Waals surface area contributed by atoms with Crippen LogP contribution in [0.2, 0.25) is 0 Å². The van der Waals surface area contributed by atoms with Crippen molar-refractivity contribution in [2.24, 2.45) is 5.73 Å². The highest BCUT2D eigenvalue weighted by Crippen LogP contribution is 2.13. The summed E-state index contributed by atoms with van der Waals surface area (Å²) in [5.41, 5.74) is 5.72. The van der Waals surface area contributed by atoms with Gasteiger partial charge in [0.15, 0.2) is 5.78 Å². The van der Waals surface area contributed by atoms with Crippen LogP contribution in [0.4, 0.5) is 0 Å². The number of ketones is 1. The highest BCUT2D eigenvalue weighted by Gasteiger charge is 2.13. The van der Waals surface area contributed by atoms with E-state index in [-0.39, 0.29) is 11.8 Å². The number of Topliss-reactive ketones (excluding diaryl/α,β-unsaturated/α-hetero) is 1. The molecule has 1 atom stereocenters. The number of nitrogens with zero attached hydrogens (tertiary/aromatic N) is 1. The molecule has 1 aromatic heterocycles. The minimum absolute atomic E-state index is 0.121. The van der Waals surface area contributed by atoms with Gasteiger partial charge in [-0.1, -0.05) is 13.3 Å². The molecule has 1 heterocycles. The first-order chi connectivity index (χ1) is 6.63. The molecule has 0 bridgehead atoms. The number of rotatable bonds is 5. The third-order valence-corrected chi connectivity index (χ3v) is 2.94. The van der Waals surface area contributed by atoms with Gasteiger partial charge in [-0.2, -0.15) is 0 Å². The Morgan fingerprint density at radius 1 is 1.71 bits per heavy atom. The van der Waals surface area contributed by atoms with Crippen molar-refractivity contribution in [3.05, 3.63) is 16.1 Å². The highest BCUT2D eigenvalue weighted by atomic mass is 32.1. The predicted molar refractivity (Wildman–Crippen MR) is 58.4 cm³/mol. The normalized spacial score (nSPS) is 12.8. The van der Waals surface area contributed by atoms with Gasteiger partial charge in [0.2, 0.25) is 0 Å². The first-order valence-electron chi connectivity index (χ1n) is 4.83. The van der Waals surface area contributed by atoms with Crippen molar-refractivity contribution in [1.82, 2.24) is 4.98 Å². The van der Waals surface area contributed by atoms with Gasteiger partial charge in [0.25, 0.3) is 0 Å². The molecule has 14 heavy (non-hydrogen) atoms. The summed E-state index contributed by atoms with van der Waals surface area (Å²) in [5, 5.41) is 0.997. The van der Waals surface area contributed by atoms with Gasteiger partial charge in [0.05, 0.1) is 11.0 Å². The molecule has 0 aliphatic heterocycles. The van der Waals surface area contributed by atoms with Gasteiger partial charge in [0, 0.05) is 17.5 Å². The Labute approximate surface area is 88.3 Å². The van der Waals surface area contributed by atoms with Crippen LogP contribution in [0.15, 0.2) is 6.20 Å². The molecular formula is C10H16N2OS. The fourth-order valence-electron chi connectivity index (χ4n) is 1.26. The summed E-state index contributed by atoms with van der Waals surface area (Å²) >= 11 is 1.56. The molecule has 0 amide bonds. The Hall–Kier alpha value is -0.740. The van der Waals surface area contributed by atoms with Crippen molar-refractivity contribution in [1.29, 1.82) is 0 Å².